The Morgan fingerprint density at radius 2 is 1.57 bits per heavy atom. The van der Waals surface area contributed by atoms with Crippen molar-refractivity contribution in [1.29, 1.82) is 0 Å². The Hall–Kier alpha value is -4.12. The maximum Gasteiger partial charge on any atom is 0.243 e. The average Bonchev–Trinajstić information content (AvgIpc) is 3.55. The lowest BCUT2D eigenvalue weighted by Gasteiger charge is -2.36. The summed E-state index contributed by atoms with van der Waals surface area (Å²) in [5, 5.41) is 8.67. The van der Waals surface area contributed by atoms with Crippen molar-refractivity contribution in [3.63, 3.8) is 0 Å². The van der Waals surface area contributed by atoms with Crippen molar-refractivity contribution < 1.29 is 8.42 Å². The third-order valence-electron chi connectivity index (χ3n) is 7.36. The second-order valence-corrected chi connectivity index (χ2v) is 11.8. The number of fused-ring (bicyclic) bond motifs is 1. The highest BCUT2D eigenvalue weighted by molar-refractivity contribution is 7.89. The van der Waals surface area contributed by atoms with Gasteiger partial charge in [-0.2, -0.15) is 9.40 Å². The highest BCUT2D eigenvalue weighted by Crippen LogP contribution is 2.27. The molecule has 0 saturated carbocycles. The summed E-state index contributed by atoms with van der Waals surface area (Å²) in [6.45, 7) is 4.74. The fourth-order valence-electron chi connectivity index (χ4n) is 5.03. The van der Waals surface area contributed by atoms with Crippen LogP contribution in [0.3, 0.4) is 0 Å². The molecule has 204 valence electrons. The summed E-state index contributed by atoms with van der Waals surface area (Å²) in [5.74, 6) is 1.52. The molecule has 10 heteroatoms. The zero-order valence-electron chi connectivity index (χ0n) is 22.3. The Labute approximate surface area is 234 Å². The number of piperazine rings is 1. The van der Waals surface area contributed by atoms with E-state index in [1.54, 1.807) is 39.4 Å². The summed E-state index contributed by atoms with van der Waals surface area (Å²) in [5.41, 5.74) is 2.87. The molecule has 1 saturated heterocycles. The van der Waals surface area contributed by atoms with Gasteiger partial charge in [-0.05, 0) is 55.0 Å². The van der Waals surface area contributed by atoms with Gasteiger partial charge in [-0.1, -0.05) is 42.5 Å². The minimum atomic E-state index is -3.59. The number of aromatic nitrogens is 4. The first-order chi connectivity index (χ1) is 19.5. The molecule has 1 atom stereocenters. The van der Waals surface area contributed by atoms with E-state index in [0.29, 0.717) is 32.7 Å². The monoisotopic (exact) mass is 553 g/mol. The van der Waals surface area contributed by atoms with Crippen molar-refractivity contribution >= 4 is 26.7 Å². The van der Waals surface area contributed by atoms with E-state index in [1.807, 2.05) is 54.7 Å². The fraction of sp³-hybridized carbons (Fsp3) is 0.233. The Balaban J connectivity index is 1.15. The number of anilines is 1. The van der Waals surface area contributed by atoms with Crippen LogP contribution in [0.15, 0.2) is 102 Å². The molecule has 6 rings (SSSR count). The molecule has 0 amide bonds. The molecule has 0 spiro atoms. The molecule has 3 aromatic carbocycles. The van der Waals surface area contributed by atoms with Crippen molar-refractivity contribution in [3.8, 4) is 5.69 Å². The first-order valence-corrected chi connectivity index (χ1v) is 14.8. The first kappa shape index (κ1) is 26.1. The molecule has 0 bridgehead atoms. The number of para-hydroxylation sites is 1. The lowest BCUT2D eigenvalue weighted by molar-refractivity contribution is 0.141. The van der Waals surface area contributed by atoms with Crippen LogP contribution in [-0.4, -0.2) is 63.6 Å². The number of nitrogens with one attached hydrogen (secondary N) is 1. The van der Waals surface area contributed by atoms with Crippen LogP contribution in [0.1, 0.15) is 24.4 Å². The summed E-state index contributed by atoms with van der Waals surface area (Å²) in [4.78, 5) is 12.3. The normalized spacial score (nSPS) is 15.7. The highest BCUT2D eigenvalue weighted by Gasteiger charge is 2.31. The summed E-state index contributed by atoms with van der Waals surface area (Å²) >= 11 is 0. The van der Waals surface area contributed by atoms with Gasteiger partial charge in [0.1, 0.15) is 11.6 Å². The average molecular weight is 554 g/mol. The number of sulfonamides is 1. The largest absolute Gasteiger partial charge is 0.365 e. The molecule has 0 unspecified atom stereocenters. The minimum absolute atomic E-state index is 0.0694. The topological polar surface area (TPSA) is 96.3 Å². The zero-order valence-corrected chi connectivity index (χ0v) is 23.1. The van der Waals surface area contributed by atoms with Gasteiger partial charge in [-0.25, -0.2) is 23.1 Å². The van der Waals surface area contributed by atoms with Gasteiger partial charge in [0, 0.05) is 50.5 Å². The van der Waals surface area contributed by atoms with Gasteiger partial charge in [0.05, 0.1) is 22.1 Å². The van der Waals surface area contributed by atoms with E-state index in [1.165, 1.54) is 5.56 Å². The number of benzene rings is 3. The van der Waals surface area contributed by atoms with Gasteiger partial charge >= 0.3 is 0 Å². The first-order valence-electron chi connectivity index (χ1n) is 13.4. The van der Waals surface area contributed by atoms with Crippen LogP contribution in [0.5, 0.6) is 0 Å². The van der Waals surface area contributed by atoms with Crippen LogP contribution in [0, 0.1) is 0 Å². The molecule has 5 aromatic rings. The molecule has 1 fully saturated rings. The Morgan fingerprint density at radius 1 is 0.850 bits per heavy atom. The predicted molar refractivity (Wildman–Crippen MR) is 156 cm³/mol. The Kier molecular flexibility index (Phi) is 7.29. The molecule has 0 radical (unpaired) electrons. The second-order valence-electron chi connectivity index (χ2n) is 9.85. The van der Waals surface area contributed by atoms with E-state index in [0.717, 1.165) is 28.2 Å². The third kappa shape index (κ3) is 5.33. The maximum atomic E-state index is 13.4. The summed E-state index contributed by atoms with van der Waals surface area (Å²) < 4.78 is 30.0. The van der Waals surface area contributed by atoms with E-state index in [9.17, 15) is 8.42 Å². The number of hydrogen-bond donors (Lipinski definition) is 1. The number of nitrogens with zero attached hydrogens (tertiary/aromatic N) is 6. The van der Waals surface area contributed by atoms with Crippen LogP contribution in [-0.2, 0) is 16.6 Å². The highest BCUT2D eigenvalue weighted by atomic mass is 32.2. The SMILES string of the molecule is C[C@H](c1nc(NCc2ccccc2)c2ccccc2n1)N1CCN(S(=O)(=O)c2ccc(-n3cccn3)cc2)CC1. The van der Waals surface area contributed by atoms with Crippen molar-refractivity contribution in [2.75, 3.05) is 31.5 Å². The fourth-order valence-corrected chi connectivity index (χ4v) is 6.46. The van der Waals surface area contributed by atoms with E-state index < -0.39 is 10.0 Å². The molecule has 1 aliphatic rings. The van der Waals surface area contributed by atoms with E-state index in [2.05, 4.69) is 34.4 Å². The predicted octanol–water partition coefficient (Wildman–Crippen LogP) is 4.50. The molecule has 0 aliphatic carbocycles. The zero-order chi connectivity index (χ0) is 27.5. The van der Waals surface area contributed by atoms with Crippen molar-refractivity contribution in [3.05, 3.63) is 109 Å². The number of rotatable bonds is 8. The molecule has 3 heterocycles. The van der Waals surface area contributed by atoms with Crippen molar-refractivity contribution in [2.24, 2.45) is 0 Å². The summed E-state index contributed by atoms with van der Waals surface area (Å²) in [6.07, 6.45) is 3.52. The molecule has 9 nitrogen and oxygen atoms in total. The summed E-state index contributed by atoms with van der Waals surface area (Å²) in [6, 6.07) is 26.8. The lowest BCUT2D eigenvalue weighted by atomic mass is 10.2. The summed E-state index contributed by atoms with van der Waals surface area (Å²) in [7, 11) is -3.59. The third-order valence-corrected chi connectivity index (χ3v) is 9.27. The molecule has 40 heavy (non-hydrogen) atoms. The van der Waals surface area contributed by atoms with Gasteiger partial charge in [-0.15, -0.1) is 0 Å². The minimum Gasteiger partial charge on any atom is -0.365 e. The molecule has 1 N–H and O–H groups in total. The van der Waals surface area contributed by atoms with E-state index >= 15 is 0 Å². The van der Waals surface area contributed by atoms with Gasteiger partial charge in [0.15, 0.2) is 0 Å². The van der Waals surface area contributed by atoms with E-state index in [-0.39, 0.29) is 10.9 Å². The smallest absolute Gasteiger partial charge is 0.243 e. The lowest BCUT2D eigenvalue weighted by Crippen LogP contribution is -2.49. The Bertz CT molecular complexity index is 1680. The van der Waals surface area contributed by atoms with Crippen molar-refractivity contribution in [1.82, 2.24) is 29.0 Å². The molecule has 2 aromatic heterocycles. The molecule has 1 aliphatic heterocycles. The van der Waals surface area contributed by atoms with Crippen LogP contribution >= 0.6 is 0 Å². The van der Waals surface area contributed by atoms with Gasteiger partial charge in [0.25, 0.3) is 0 Å². The van der Waals surface area contributed by atoms with Crippen LogP contribution < -0.4 is 5.32 Å². The van der Waals surface area contributed by atoms with Crippen molar-refractivity contribution in [2.45, 2.75) is 24.4 Å². The van der Waals surface area contributed by atoms with E-state index in [4.69, 9.17) is 9.97 Å². The van der Waals surface area contributed by atoms with Crippen LogP contribution in [0.2, 0.25) is 0 Å². The molecular weight excluding hydrogens is 522 g/mol. The van der Waals surface area contributed by atoms with Gasteiger partial charge < -0.3 is 5.32 Å². The number of hydrogen-bond acceptors (Lipinski definition) is 7. The molecular formula is C30H31N7O2S. The second kappa shape index (κ2) is 11.2. The van der Waals surface area contributed by atoms with Gasteiger partial charge in [0.2, 0.25) is 10.0 Å². The van der Waals surface area contributed by atoms with Crippen LogP contribution in [0.25, 0.3) is 16.6 Å². The maximum absolute atomic E-state index is 13.4. The Morgan fingerprint density at radius 3 is 2.30 bits per heavy atom. The standard InChI is InChI=1S/C30H31N7O2S/c1-23(29-33-28-11-6-5-10-27(28)30(34-29)31-22-24-8-3-2-4-9-24)35-18-20-36(21-19-35)40(38,39)26-14-12-25(13-15-26)37-17-7-16-32-37/h2-17,23H,18-22H2,1H3,(H,31,33,34)/t23-/m1/s1. The van der Waals surface area contributed by atoms with Gasteiger partial charge in [-0.3, -0.25) is 4.90 Å². The van der Waals surface area contributed by atoms with Crippen LogP contribution in [0.4, 0.5) is 5.82 Å². The quantitative estimate of drug-likeness (QED) is 0.302.